The molecule has 0 aliphatic rings. The van der Waals surface area contributed by atoms with Gasteiger partial charge in [0, 0.05) is 6.54 Å². The van der Waals surface area contributed by atoms with E-state index in [0.717, 1.165) is 22.4 Å². The van der Waals surface area contributed by atoms with Crippen LogP contribution in [-0.4, -0.2) is 7.11 Å². The van der Waals surface area contributed by atoms with E-state index in [1.165, 1.54) is 0 Å². The highest BCUT2D eigenvalue weighted by Gasteiger charge is 2.08. The van der Waals surface area contributed by atoms with Gasteiger partial charge in [0.25, 0.3) is 0 Å². The maximum absolute atomic E-state index is 6.23. The lowest BCUT2D eigenvalue weighted by atomic mass is 9.98. The largest absolute Gasteiger partial charge is 0.497 e. The summed E-state index contributed by atoms with van der Waals surface area (Å²) >= 11 is 0. The maximum Gasteiger partial charge on any atom is 0.118 e. The Kier molecular flexibility index (Phi) is 3.97. The molecular formula is C15H18N2O. The molecule has 0 bridgehead atoms. The minimum absolute atomic E-state index is 0.122. The van der Waals surface area contributed by atoms with Gasteiger partial charge in [-0.25, -0.2) is 0 Å². The summed E-state index contributed by atoms with van der Waals surface area (Å²) in [5.74, 6) is 0.837. The van der Waals surface area contributed by atoms with E-state index in [2.05, 4.69) is 0 Å². The van der Waals surface area contributed by atoms with E-state index >= 15 is 0 Å². The maximum atomic E-state index is 6.23. The molecule has 0 heterocycles. The number of benzene rings is 2. The zero-order valence-corrected chi connectivity index (χ0v) is 10.5. The van der Waals surface area contributed by atoms with Gasteiger partial charge in [0.2, 0.25) is 0 Å². The van der Waals surface area contributed by atoms with Crippen molar-refractivity contribution >= 4 is 0 Å². The van der Waals surface area contributed by atoms with E-state index in [1.807, 2.05) is 48.5 Å². The van der Waals surface area contributed by atoms with Crippen LogP contribution in [0.3, 0.4) is 0 Å². The Morgan fingerprint density at radius 3 is 1.89 bits per heavy atom. The molecule has 2 aromatic carbocycles. The van der Waals surface area contributed by atoms with Crippen LogP contribution in [-0.2, 0) is 6.54 Å². The Balaban J connectivity index is 2.20. The van der Waals surface area contributed by atoms with Gasteiger partial charge in [0.15, 0.2) is 0 Å². The molecule has 0 fully saturated rings. The highest BCUT2D eigenvalue weighted by molar-refractivity contribution is 5.36. The Hall–Kier alpha value is -1.84. The first kappa shape index (κ1) is 12.6. The van der Waals surface area contributed by atoms with Crippen LogP contribution in [0.4, 0.5) is 0 Å². The van der Waals surface area contributed by atoms with E-state index in [4.69, 9.17) is 16.2 Å². The van der Waals surface area contributed by atoms with E-state index in [-0.39, 0.29) is 6.04 Å². The summed E-state index contributed by atoms with van der Waals surface area (Å²) in [6.45, 7) is 0.554. The standard InChI is InChI=1S/C15H18N2O/c1-18-14-8-6-13(7-9-14)15(17)12-4-2-11(10-16)3-5-12/h2-9,15H,10,16-17H2,1H3. The fraction of sp³-hybridized carbons (Fsp3) is 0.200. The molecule has 0 saturated heterocycles. The first-order valence-corrected chi connectivity index (χ1v) is 5.93. The van der Waals surface area contributed by atoms with Crippen LogP contribution in [0.25, 0.3) is 0 Å². The second-order valence-corrected chi connectivity index (χ2v) is 4.20. The summed E-state index contributed by atoms with van der Waals surface area (Å²) in [4.78, 5) is 0. The molecule has 1 atom stereocenters. The lowest BCUT2D eigenvalue weighted by Crippen LogP contribution is -2.11. The van der Waals surface area contributed by atoms with Crippen molar-refractivity contribution < 1.29 is 4.74 Å². The van der Waals surface area contributed by atoms with E-state index in [0.29, 0.717) is 6.54 Å². The fourth-order valence-corrected chi connectivity index (χ4v) is 1.86. The molecule has 94 valence electrons. The molecule has 0 aliphatic carbocycles. The van der Waals surface area contributed by atoms with Gasteiger partial charge < -0.3 is 16.2 Å². The third kappa shape index (κ3) is 2.70. The van der Waals surface area contributed by atoms with E-state index in [1.54, 1.807) is 7.11 Å². The van der Waals surface area contributed by atoms with Crippen LogP contribution in [0.5, 0.6) is 5.75 Å². The Morgan fingerprint density at radius 2 is 1.44 bits per heavy atom. The van der Waals surface area contributed by atoms with Gasteiger partial charge in [-0.05, 0) is 28.8 Å². The van der Waals surface area contributed by atoms with Gasteiger partial charge in [-0.3, -0.25) is 0 Å². The van der Waals surface area contributed by atoms with Crippen LogP contribution in [0.15, 0.2) is 48.5 Å². The summed E-state index contributed by atoms with van der Waals surface area (Å²) in [6.07, 6.45) is 0. The zero-order chi connectivity index (χ0) is 13.0. The summed E-state index contributed by atoms with van der Waals surface area (Å²) in [5, 5.41) is 0. The Labute approximate surface area is 107 Å². The number of methoxy groups -OCH3 is 1. The fourth-order valence-electron chi connectivity index (χ4n) is 1.86. The lowest BCUT2D eigenvalue weighted by Gasteiger charge is -2.13. The Morgan fingerprint density at radius 1 is 0.944 bits per heavy atom. The molecule has 0 radical (unpaired) electrons. The van der Waals surface area contributed by atoms with Crippen LogP contribution < -0.4 is 16.2 Å². The van der Waals surface area contributed by atoms with Crippen molar-refractivity contribution in [1.29, 1.82) is 0 Å². The number of ether oxygens (including phenoxy) is 1. The first-order chi connectivity index (χ1) is 8.74. The smallest absolute Gasteiger partial charge is 0.118 e. The molecule has 3 nitrogen and oxygen atoms in total. The van der Waals surface area contributed by atoms with Crippen LogP contribution in [0, 0.1) is 0 Å². The first-order valence-electron chi connectivity index (χ1n) is 5.93. The molecule has 0 amide bonds. The summed E-state index contributed by atoms with van der Waals surface area (Å²) < 4.78 is 5.13. The van der Waals surface area contributed by atoms with Gasteiger partial charge in [-0.15, -0.1) is 0 Å². The highest BCUT2D eigenvalue weighted by Crippen LogP contribution is 2.22. The van der Waals surface area contributed by atoms with Crippen molar-refractivity contribution in [3.8, 4) is 5.75 Å². The van der Waals surface area contributed by atoms with Crippen LogP contribution >= 0.6 is 0 Å². The molecule has 1 unspecified atom stereocenters. The second kappa shape index (κ2) is 5.67. The zero-order valence-electron chi connectivity index (χ0n) is 10.5. The quantitative estimate of drug-likeness (QED) is 0.864. The van der Waals surface area contributed by atoms with Gasteiger partial charge in [-0.2, -0.15) is 0 Å². The molecule has 0 aromatic heterocycles. The molecule has 3 heteroatoms. The average Bonchev–Trinajstić information content (AvgIpc) is 2.47. The van der Waals surface area contributed by atoms with Crippen molar-refractivity contribution in [3.63, 3.8) is 0 Å². The molecular weight excluding hydrogens is 224 g/mol. The summed E-state index contributed by atoms with van der Waals surface area (Å²) in [5.41, 5.74) is 15.1. The third-order valence-electron chi connectivity index (χ3n) is 3.05. The predicted octanol–water partition coefficient (Wildman–Crippen LogP) is 2.20. The predicted molar refractivity (Wildman–Crippen MR) is 73.4 cm³/mol. The summed E-state index contributed by atoms with van der Waals surface area (Å²) in [6, 6.07) is 15.8. The molecule has 4 N–H and O–H groups in total. The van der Waals surface area contributed by atoms with Crippen molar-refractivity contribution in [2.75, 3.05) is 7.11 Å². The van der Waals surface area contributed by atoms with Crippen molar-refractivity contribution in [2.45, 2.75) is 12.6 Å². The number of hydrogen-bond acceptors (Lipinski definition) is 3. The average molecular weight is 242 g/mol. The van der Waals surface area contributed by atoms with Crippen molar-refractivity contribution in [1.82, 2.24) is 0 Å². The summed E-state index contributed by atoms with van der Waals surface area (Å²) in [7, 11) is 1.65. The van der Waals surface area contributed by atoms with Crippen molar-refractivity contribution in [2.24, 2.45) is 11.5 Å². The van der Waals surface area contributed by atoms with Crippen LogP contribution in [0.2, 0.25) is 0 Å². The third-order valence-corrected chi connectivity index (χ3v) is 3.05. The normalized spacial score (nSPS) is 12.2. The minimum Gasteiger partial charge on any atom is -0.497 e. The molecule has 2 aromatic rings. The molecule has 0 spiro atoms. The van der Waals surface area contributed by atoms with Gasteiger partial charge in [0.05, 0.1) is 13.2 Å². The molecule has 0 saturated carbocycles. The topological polar surface area (TPSA) is 61.3 Å². The van der Waals surface area contributed by atoms with Crippen LogP contribution in [0.1, 0.15) is 22.7 Å². The second-order valence-electron chi connectivity index (χ2n) is 4.20. The van der Waals surface area contributed by atoms with Crippen molar-refractivity contribution in [3.05, 3.63) is 65.2 Å². The van der Waals surface area contributed by atoms with Gasteiger partial charge in [-0.1, -0.05) is 36.4 Å². The molecule has 2 rings (SSSR count). The Bertz CT molecular complexity index is 443. The van der Waals surface area contributed by atoms with E-state index < -0.39 is 0 Å². The highest BCUT2D eigenvalue weighted by atomic mass is 16.5. The lowest BCUT2D eigenvalue weighted by molar-refractivity contribution is 0.414. The number of rotatable bonds is 4. The minimum atomic E-state index is -0.122. The van der Waals surface area contributed by atoms with E-state index in [9.17, 15) is 0 Å². The monoisotopic (exact) mass is 242 g/mol. The van der Waals surface area contributed by atoms with Gasteiger partial charge in [0.1, 0.15) is 5.75 Å². The SMILES string of the molecule is COc1ccc(C(N)c2ccc(CN)cc2)cc1. The molecule has 0 aliphatic heterocycles. The number of hydrogen-bond donors (Lipinski definition) is 2. The number of nitrogens with two attached hydrogens (primary N) is 2. The molecule has 18 heavy (non-hydrogen) atoms. The van der Waals surface area contributed by atoms with Gasteiger partial charge >= 0.3 is 0 Å².